The van der Waals surface area contributed by atoms with Crippen LogP contribution in [0, 0.1) is 10.1 Å². The first-order chi connectivity index (χ1) is 8.65. The SMILES string of the molecule is CCCCCCCOc1cc([N+](=O)[O-])ccc1Cl. The normalized spacial score (nSPS) is 10.3. The minimum absolute atomic E-state index is 0.000355. The van der Waals surface area contributed by atoms with Gasteiger partial charge in [0.15, 0.2) is 0 Å². The summed E-state index contributed by atoms with van der Waals surface area (Å²) >= 11 is 5.92. The van der Waals surface area contributed by atoms with Crippen LogP contribution in [0.1, 0.15) is 39.0 Å². The van der Waals surface area contributed by atoms with Crippen LogP contribution < -0.4 is 4.74 Å². The van der Waals surface area contributed by atoms with Crippen molar-refractivity contribution in [2.45, 2.75) is 39.0 Å². The minimum atomic E-state index is -0.454. The fourth-order valence-corrected chi connectivity index (χ4v) is 1.78. The van der Waals surface area contributed by atoms with E-state index in [9.17, 15) is 10.1 Å². The van der Waals surface area contributed by atoms with Crippen molar-refractivity contribution < 1.29 is 9.66 Å². The molecule has 0 bridgehead atoms. The molecule has 0 saturated heterocycles. The lowest BCUT2D eigenvalue weighted by molar-refractivity contribution is -0.384. The van der Waals surface area contributed by atoms with Gasteiger partial charge in [0.05, 0.1) is 22.6 Å². The van der Waals surface area contributed by atoms with Crippen molar-refractivity contribution in [3.05, 3.63) is 33.3 Å². The van der Waals surface area contributed by atoms with E-state index in [1.807, 2.05) is 0 Å². The first-order valence-electron chi connectivity index (χ1n) is 6.22. The molecule has 0 heterocycles. The van der Waals surface area contributed by atoms with Crippen molar-refractivity contribution in [2.24, 2.45) is 0 Å². The van der Waals surface area contributed by atoms with Crippen molar-refractivity contribution in [1.29, 1.82) is 0 Å². The van der Waals surface area contributed by atoms with Gasteiger partial charge in [-0.1, -0.05) is 44.2 Å². The fraction of sp³-hybridized carbons (Fsp3) is 0.538. The Hall–Kier alpha value is -1.29. The Morgan fingerprint density at radius 1 is 1.28 bits per heavy atom. The summed E-state index contributed by atoms with van der Waals surface area (Å²) < 4.78 is 5.47. The third kappa shape index (κ3) is 4.92. The van der Waals surface area contributed by atoms with E-state index in [1.54, 1.807) is 0 Å². The van der Waals surface area contributed by atoms with E-state index >= 15 is 0 Å². The Kier molecular flexibility index (Phi) is 6.50. The first kappa shape index (κ1) is 14.8. The zero-order valence-electron chi connectivity index (χ0n) is 10.5. The average Bonchev–Trinajstić information content (AvgIpc) is 2.35. The van der Waals surface area contributed by atoms with Gasteiger partial charge in [-0.3, -0.25) is 10.1 Å². The van der Waals surface area contributed by atoms with Gasteiger partial charge in [0.25, 0.3) is 5.69 Å². The van der Waals surface area contributed by atoms with Gasteiger partial charge in [-0.25, -0.2) is 0 Å². The van der Waals surface area contributed by atoms with E-state index in [2.05, 4.69) is 6.92 Å². The molecule has 1 rings (SSSR count). The number of nitro benzene ring substituents is 1. The third-order valence-corrected chi connectivity index (χ3v) is 2.94. The Morgan fingerprint density at radius 3 is 2.67 bits per heavy atom. The summed E-state index contributed by atoms with van der Waals surface area (Å²) in [6, 6.07) is 4.23. The number of benzene rings is 1. The number of halogens is 1. The van der Waals surface area contributed by atoms with E-state index in [0.29, 0.717) is 17.4 Å². The molecule has 4 nitrogen and oxygen atoms in total. The summed E-state index contributed by atoms with van der Waals surface area (Å²) in [4.78, 5) is 10.2. The minimum Gasteiger partial charge on any atom is -0.492 e. The molecule has 0 amide bonds. The van der Waals surface area contributed by atoms with E-state index in [4.69, 9.17) is 16.3 Å². The number of hydrogen-bond donors (Lipinski definition) is 0. The Bertz CT molecular complexity index is 396. The molecule has 0 radical (unpaired) electrons. The van der Waals surface area contributed by atoms with Crippen LogP contribution in [0.3, 0.4) is 0 Å². The van der Waals surface area contributed by atoms with Crippen LogP contribution in [-0.4, -0.2) is 11.5 Å². The molecule has 18 heavy (non-hydrogen) atoms. The van der Waals surface area contributed by atoms with E-state index in [0.717, 1.165) is 12.8 Å². The molecular weight excluding hydrogens is 254 g/mol. The fourth-order valence-electron chi connectivity index (χ4n) is 1.60. The Labute approximate surface area is 112 Å². The molecule has 0 aromatic heterocycles. The van der Waals surface area contributed by atoms with Gasteiger partial charge in [0, 0.05) is 6.07 Å². The molecule has 0 aliphatic rings. The molecule has 1 aromatic carbocycles. The zero-order chi connectivity index (χ0) is 13.4. The Balaban J connectivity index is 2.41. The van der Waals surface area contributed by atoms with Crippen LogP contribution >= 0.6 is 11.6 Å². The highest BCUT2D eigenvalue weighted by Crippen LogP contribution is 2.28. The maximum atomic E-state index is 10.6. The molecule has 0 aliphatic carbocycles. The number of hydrogen-bond acceptors (Lipinski definition) is 3. The molecule has 0 aliphatic heterocycles. The first-order valence-corrected chi connectivity index (χ1v) is 6.59. The highest BCUT2D eigenvalue weighted by molar-refractivity contribution is 6.32. The molecule has 0 spiro atoms. The largest absolute Gasteiger partial charge is 0.492 e. The second kappa shape index (κ2) is 7.93. The predicted octanol–water partition coefficient (Wildman–Crippen LogP) is 4.60. The number of nitro groups is 1. The van der Waals surface area contributed by atoms with Gasteiger partial charge < -0.3 is 4.74 Å². The van der Waals surface area contributed by atoms with Crippen LogP contribution in [0.15, 0.2) is 18.2 Å². The second-order valence-corrected chi connectivity index (χ2v) is 4.54. The van der Waals surface area contributed by atoms with E-state index < -0.39 is 4.92 Å². The quantitative estimate of drug-likeness (QED) is 0.394. The number of ether oxygens (including phenoxy) is 1. The maximum Gasteiger partial charge on any atom is 0.273 e. The number of unbranched alkanes of at least 4 members (excludes halogenated alkanes) is 4. The van der Waals surface area contributed by atoms with Gasteiger partial charge in [0.1, 0.15) is 5.75 Å². The van der Waals surface area contributed by atoms with Gasteiger partial charge in [-0.15, -0.1) is 0 Å². The van der Waals surface area contributed by atoms with Crippen molar-refractivity contribution in [2.75, 3.05) is 6.61 Å². The van der Waals surface area contributed by atoms with Gasteiger partial charge in [-0.05, 0) is 12.5 Å². The summed E-state index contributed by atoms with van der Waals surface area (Å²) in [5, 5.41) is 11.0. The highest BCUT2D eigenvalue weighted by Gasteiger charge is 2.10. The summed E-state index contributed by atoms with van der Waals surface area (Å²) in [5.74, 6) is 0.390. The lowest BCUT2D eigenvalue weighted by Gasteiger charge is -2.07. The third-order valence-electron chi connectivity index (χ3n) is 2.63. The van der Waals surface area contributed by atoms with Crippen LogP contribution in [0.5, 0.6) is 5.75 Å². The molecule has 0 fully saturated rings. The van der Waals surface area contributed by atoms with Gasteiger partial charge >= 0.3 is 0 Å². The van der Waals surface area contributed by atoms with Crippen LogP contribution in [0.25, 0.3) is 0 Å². The number of rotatable bonds is 8. The summed E-state index contributed by atoms with van der Waals surface area (Å²) in [6.07, 6.45) is 5.69. The smallest absolute Gasteiger partial charge is 0.273 e. The number of non-ortho nitro benzene ring substituents is 1. The highest BCUT2D eigenvalue weighted by atomic mass is 35.5. The summed E-state index contributed by atoms with van der Waals surface area (Å²) in [6.45, 7) is 2.71. The number of nitrogens with zero attached hydrogens (tertiary/aromatic N) is 1. The second-order valence-electron chi connectivity index (χ2n) is 4.13. The topological polar surface area (TPSA) is 52.4 Å². The Morgan fingerprint density at radius 2 is 2.00 bits per heavy atom. The van der Waals surface area contributed by atoms with Crippen LogP contribution in [0.4, 0.5) is 5.69 Å². The molecule has 0 saturated carbocycles. The molecule has 1 aromatic rings. The zero-order valence-corrected chi connectivity index (χ0v) is 11.3. The van der Waals surface area contributed by atoms with Crippen molar-refractivity contribution in [1.82, 2.24) is 0 Å². The summed E-state index contributed by atoms with van der Waals surface area (Å²) in [7, 11) is 0. The predicted molar refractivity (Wildman–Crippen MR) is 72.4 cm³/mol. The van der Waals surface area contributed by atoms with Crippen molar-refractivity contribution in [3.8, 4) is 5.75 Å². The molecule has 0 atom stereocenters. The maximum absolute atomic E-state index is 10.6. The van der Waals surface area contributed by atoms with Crippen molar-refractivity contribution >= 4 is 17.3 Å². The van der Waals surface area contributed by atoms with Crippen LogP contribution in [-0.2, 0) is 0 Å². The molecule has 100 valence electrons. The average molecular weight is 272 g/mol. The lowest BCUT2D eigenvalue weighted by atomic mass is 10.2. The molecule has 0 unspecified atom stereocenters. The van der Waals surface area contributed by atoms with Crippen LogP contribution in [0.2, 0.25) is 5.02 Å². The summed E-state index contributed by atoms with van der Waals surface area (Å²) in [5.41, 5.74) is 0.000355. The molecular formula is C13H18ClNO3. The monoisotopic (exact) mass is 271 g/mol. The molecule has 5 heteroatoms. The standard InChI is InChI=1S/C13H18ClNO3/c1-2-3-4-5-6-9-18-13-10-11(15(16)17)7-8-12(13)14/h7-8,10H,2-6,9H2,1H3. The van der Waals surface area contributed by atoms with Gasteiger partial charge in [-0.2, -0.15) is 0 Å². The van der Waals surface area contributed by atoms with E-state index in [-0.39, 0.29) is 5.69 Å². The van der Waals surface area contributed by atoms with Gasteiger partial charge in [0.2, 0.25) is 0 Å². The van der Waals surface area contributed by atoms with Crippen molar-refractivity contribution in [3.63, 3.8) is 0 Å². The lowest BCUT2D eigenvalue weighted by Crippen LogP contribution is -1.98. The molecule has 0 N–H and O–H groups in total. The van der Waals surface area contributed by atoms with E-state index in [1.165, 1.54) is 37.5 Å².